The smallest absolute Gasteiger partial charge is 0.253 e. The van der Waals surface area contributed by atoms with Gasteiger partial charge in [0.25, 0.3) is 11.8 Å². The van der Waals surface area contributed by atoms with Crippen LogP contribution in [0.2, 0.25) is 0 Å². The largest absolute Gasteiger partial charge is 0.464 e. The molecular formula is C26H18F5NO2. The van der Waals surface area contributed by atoms with Gasteiger partial charge >= 0.3 is 0 Å². The first-order valence-corrected chi connectivity index (χ1v) is 10.7. The molecule has 1 amide bonds. The molecule has 0 N–H and O–H groups in total. The minimum absolute atomic E-state index is 0.0562. The highest BCUT2D eigenvalue weighted by atomic mass is 19.3. The molecular weight excluding hydrogens is 453 g/mol. The van der Waals surface area contributed by atoms with Crippen molar-refractivity contribution in [3.8, 4) is 22.3 Å². The van der Waals surface area contributed by atoms with E-state index in [1.54, 1.807) is 12.1 Å². The second-order valence-corrected chi connectivity index (χ2v) is 8.33. The van der Waals surface area contributed by atoms with Gasteiger partial charge in [-0.25, -0.2) is 22.0 Å². The van der Waals surface area contributed by atoms with Crippen molar-refractivity contribution in [2.24, 2.45) is 0 Å². The lowest BCUT2D eigenvalue weighted by molar-refractivity contribution is -0.0494. The number of fused-ring (bicyclic) bond motifs is 1. The first kappa shape index (κ1) is 22.1. The summed E-state index contributed by atoms with van der Waals surface area (Å²) in [6.45, 7) is -0.197. The van der Waals surface area contributed by atoms with Gasteiger partial charge in [-0.3, -0.25) is 4.79 Å². The molecule has 174 valence electrons. The van der Waals surface area contributed by atoms with Crippen molar-refractivity contribution in [1.82, 2.24) is 4.90 Å². The van der Waals surface area contributed by atoms with Gasteiger partial charge in [-0.05, 0) is 48.0 Å². The molecule has 2 heterocycles. The molecule has 1 saturated heterocycles. The summed E-state index contributed by atoms with van der Waals surface area (Å²) in [5.41, 5.74) is 1.40. The van der Waals surface area contributed by atoms with Crippen molar-refractivity contribution < 1.29 is 31.2 Å². The van der Waals surface area contributed by atoms with E-state index in [1.807, 2.05) is 0 Å². The Bertz CT molecular complexity index is 1400. The average molecular weight is 471 g/mol. The number of nitrogens with zero attached hydrogens (tertiary/aromatic N) is 1. The van der Waals surface area contributed by atoms with Gasteiger partial charge < -0.3 is 9.32 Å². The van der Waals surface area contributed by atoms with Crippen LogP contribution in [0, 0.1) is 17.5 Å². The van der Waals surface area contributed by atoms with Crippen molar-refractivity contribution in [2.75, 3.05) is 13.1 Å². The van der Waals surface area contributed by atoms with Crippen molar-refractivity contribution in [3.63, 3.8) is 0 Å². The number of hydrogen-bond acceptors (Lipinski definition) is 2. The highest BCUT2D eigenvalue weighted by molar-refractivity contribution is 5.98. The van der Waals surface area contributed by atoms with Gasteiger partial charge in [0.15, 0.2) is 0 Å². The minimum atomic E-state index is -2.79. The molecule has 4 aromatic rings. The maximum absolute atomic E-state index is 15.1. The molecule has 0 spiro atoms. The monoisotopic (exact) mass is 471 g/mol. The molecule has 1 aliphatic heterocycles. The second kappa shape index (κ2) is 8.27. The fraction of sp³-hybridized carbons (Fsp3) is 0.192. The summed E-state index contributed by atoms with van der Waals surface area (Å²) >= 11 is 0. The van der Waals surface area contributed by atoms with Crippen LogP contribution in [0.3, 0.4) is 0 Å². The van der Waals surface area contributed by atoms with Crippen LogP contribution in [-0.4, -0.2) is 29.8 Å². The first-order chi connectivity index (χ1) is 16.2. The number of benzene rings is 3. The Labute approximate surface area is 191 Å². The Morgan fingerprint density at radius 2 is 1.53 bits per heavy atom. The van der Waals surface area contributed by atoms with E-state index in [0.29, 0.717) is 22.1 Å². The summed E-state index contributed by atoms with van der Waals surface area (Å²) in [7, 11) is 0. The van der Waals surface area contributed by atoms with E-state index >= 15 is 4.39 Å². The molecule has 34 heavy (non-hydrogen) atoms. The molecule has 1 aromatic heterocycles. The third kappa shape index (κ3) is 4.04. The summed E-state index contributed by atoms with van der Waals surface area (Å²) in [5, 5.41) is 0.588. The predicted molar refractivity (Wildman–Crippen MR) is 117 cm³/mol. The van der Waals surface area contributed by atoms with Crippen molar-refractivity contribution in [3.05, 3.63) is 83.9 Å². The summed E-state index contributed by atoms with van der Waals surface area (Å²) < 4.78 is 75.3. The number of furan rings is 1. The van der Waals surface area contributed by atoms with Gasteiger partial charge in [0.05, 0.1) is 6.26 Å². The SMILES string of the molecule is O=C(c1ccc(-c2cc(-c3ccc(F)cc3F)c3occc3c2)c(F)c1)N1CCC(F)(F)CC1. The molecule has 0 bridgehead atoms. The molecule has 3 nitrogen and oxygen atoms in total. The fourth-order valence-corrected chi connectivity index (χ4v) is 4.25. The van der Waals surface area contributed by atoms with Gasteiger partial charge in [-0.2, -0.15) is 0 Å². The predicted octanol–water partition coefficient (Wildman–Crippen LogP) is 7.06. The molecule has 5 rings (SSSR count). The van der Waals surface area contributed by atoms with Gasteiger partial charge in [-0.15, -0.1) is 0 Å². The Hall–Kier alpha value is -3.68. The first-order valence-electron chi connectivity index (χ1n) is 10.7. The van der Waals surface area contributed by atoms with E-state index in [0.717, 1.165) is 18.2 Å². The van der Waals surface area contributed by atoms with E-state index in [9.17, 15) is 22.4 Å². The van der Waals surface area contributed by atoms with Crippen molar-refractivity contribution >= 4 is 16.9 Å². The molecule has 0 unspecified atom stereocenters. The molecule has 0 aliphatic carbocycles. The number of piperidine rings is 1. The molecule has 3 aromatic carbocycles. The number of amides is 1. The summed E-state index contributed by atoms with van der Waals surface area (Å²) in [6, 6.07) is 11.9. The number of rotatable bonds is 3. The van der Waals surface area contributed by atoms with Crippen LogP contribution < -0.4 is 0 Å². The highest BCUT2D eigenvalue weighted by Crippen LogP contribution is 2.37. The quantitative estimate of drug-likeness (QED) is 0.300. The summed E-state index contributed by atoms with van der Waals surface area (Å²) in [5.74, 6) is -5.51. The van der Waals surface area contributed by atoms with Crippen LogP contribution >= 0.6 is 0 Å². The Kier molecular flexibility index (Phi) is 5.38. The van der Waals surface area contributed by atoms with Crippen LogP contribution in [0.25, 0.3) is 33.2 Å². The Morgan fingerprint density at radius 3 is 2.24 bits per heavy atom. The molecule has 8 heteroatoms. The Balaban J connectivity index is 1.51. The maximum Gasteiger partial charge on any atom is 0.253 e. The van der Waals surface area contributed by atoms with E-state index in [4.69, 9.17) is 4.42 Å². The number of halogens is 5. The van der Waals surface area contributed by atoms with Crippen LogP contribution in [0.15, 0.2) is 65.3 Å². The maximum atomic E-state index is 15.1. The van der Waals surface area contributed by atoms with Gasteiger partial charge in [-0.1, -0.05) is 6.07 Å². The number of hydrogen-bond donors (Lipinski definition) is 0. The number of likely N-dealkylation sites (tertiary alicyclic amines) is 1. The van der Waals surface area contributed by atoms with Crippen molar-refractivity contribution in [2.45, 2.75) is 18.8 Å². The molecule has 0 saturated carbocycles. The highest BCUT2D eigenvalue weighted by Gasteiger charge is 2.35. The van der Waals surface area contributed by atoms with Gasteiger partial charge in [0.2, 0.25) is 0 Å². The van der Waals surface area contributed by atoms with Gasteiger partial charge in [0, 0.05) is 59.6 Å². The van der Waals surface area contributed by atoms with E-state index in [2.05, 4.69) is 0 Å². The molecule has 0 atom stereocenters. The van der Waals surface area contributed by atoms with Crippen LogP contribution in [0.5, 0.6) is 0 Å². The van der Waals surface area contributed by atoms with Crippen LogP contribution in [0.1, 0.15) is 23.2 Å². The van der Waals surface area contributed by atoms with E-state index in [1.165, 1.54) is 35.4 Å². The van der Waals surface area contributed by atoms with E-state index < -0.39 is 42.1 Å². The second-order valence-electron chi connectivity index (χ2n) is 8.33. The third-order valence-corrected chi connectivity index (χ3v) is 6.08. The van der Waals surface area contributed by atoms with E-state index in [-0.39, 0.29) is 29.8 Å². The number of alkyl halides is 2. The number of carbonyl (C=O) groups excluding carboxylic acids is 1. The fourth-order valence-electron chi connectivity index (χ4n) is 4.25. The summed E-state index contributed by atoms with van der Waals surface area (Å²) in [6.07, 6.45) is 0.569. The number of carbonyl (C=O) groups is 1. The lowest BCUT2D eigenvalue weighted by Gasteiger charge is -2.31. The van der Waals surface area contributed by atoms with Gasteiger partial charge in [0.1, 0.15) is 23.0 Å². The third-order valence-electron chi connectivity index (χ3n) is 6.08. The lowest BCUT2D eigenvalue weighted by Crippen LogP contribution is -2.42. The lowest BCUT2D eigenvalue weighted by atomic mass is 9.95. The zero-order valence-electron chi connectivity index (χ0n) is 17.8. The standard InChI is InChI=1S/C26H18F5NO2/c27-18-2-4-20(23(29)14-18)21-12-17(11-15-5-10-34-24(15)21)19-3-1-16(13-22(19)28)25(33)32-8-6-26(30,31)7-9-32/h1-5,10-14H,6-9H2. The normalized spacial score (nSPS) is 15.6. The Morgan fingerprint density at radius 1 is 0.824 bits per heavy atom. The molecule has 1 fully saturated rings. The van der Waals surface area contributed by atoms with Crippen molar-refractivity contribution in [1.29, 1.82) is 0 Å². The average Bonchev–Trinajstić information content (AvgIpc) is 3.27. The zero-order valence-corrected chi connectivity index (χ0v) is 17.8. The molecule has 1 aliphatic rings. The topological polar surface area (TPSA) is 33.5 Å². The summed E-state index contributed by atoms with van der Waals surface area (Å²) in [4.78, 5) is 14.0. The zero-order chi connectivity index (χ0) is 24.0. The van der Waals surface area contributed by atoms with Crippen LogP contribution in [0.4, 0.5) is 22.0 Å². The minimum Gasteiger partial charge on any atom is -0.464 e. The van der Waals surface area contributed by atoms with Crippen LogP contribution in [-0.2, 0) is 0 Å². The molecule has 0 radical (unpaired) electrons.